The predicted molar refractivity (Wildman–Crippen MR) is 47.3 cm³/mol. The molecule has 0 aromatic rings. The van der Waals surface area contributed by atoms with E-state index >= 15 is 0 Å². The van der Waals surface area contributed by atoms with Crippen molar-refractivity contribution in [3.8, 4) is 0 Å². The second kappa shape index (κ2) is 4.83. The molecule has 15 heavy (non-hydrogen) atoms. The van der Waals surface area contributed by atoms with Gasteiger partial charge in [0, 0.05) is 25.8 Å². The van der Waals surface area contributed by atoms with Gasteiger partial charge in [0.05, 0.1) is 0 Å². The summed E-state index contributed by atoms with van der Waals surface area (Å²) in [7, 11) is 0. The highest BCUT2D eigenvalue weighted by atomic mass is 19.4. The quantitative estimate of drug-likeness (QED) is 0.714. The number of ether oxygens (including phenoxy) is 1. The summed E-state index contributed by atoms with van der Waals surface area (Å²) in [6.07, 6.45) is -3.81. The Morgan fingerprint density at radius 1 is 1.40 bits per heavy atom. The number of carbonyl (C=O) groups is 1. The van der Waals surface area contributed by atoms with E-state index in [0.717, 1.165) is 4.90 Å². The largest absolute Gasteiger partial charge is 0.471 e. The molecule has 1 aliphatic rings. The van der Waals surface area contributed by atoms with Crippen molar-refractivity contribution in [3.63, 3.8) is 0 Å². The molecule has 6 heteroatoms. The summed E-state index contributed by atoms with van der Waals surface area (Å²) in [6.45, 7) is 2.49. The van der Waals surface area contributed by atoms with Crippen LogP contribution in [0.3, 0.4) is 0 Å². The predicted octanol–water partition coefficient (Wildman–Crippen LogP) is 1.58. The Morgan fingerprint density at radius 2 is 1.93 bits per heavy atom. The van der Waals surface area contributed by atoms with E-state index in [2.05, 4.69) is 0 Å². The van der Waals surface area contributed by atoms with Crippen molar-refractivity contribution in [2.75, 3.05) is 19.8 Å². The third-order valence-electron chi connectivity index (χ3n) is 2.48. The molecule has 0 spiro atoms. The van der Waals surface area contributed by atoms with Gasteiger partial charge in [0.25, 0.3) is 0 Å². The molecule has 1 fully saturated rings. The summed E-state index contributed by atoms with van der Waals surface area (Å²) in [5.74, 6) is -1.74. The van der Waals surface area contributed by atoms with Gasteiger partial charge in [0.2, 0.25) is 0 Å². The first-order valence-corrected chi connectivity index (χ1v) is 4.92. The lowest BCUT2D eigenvalue weighted by molar-refractivity contribution is -0.189. The van der Waals surface area contributed by atoms with Gasteiger partial charge in [-0.25, -0.2) is 0 Å². The smallest absolute Gasteiger partial charge is 0.381 e. The van der Waals surface area contributed by atoms with E-state index in [-0.39, 0.29) is 12.6 Å². The van der Waals surface area contributed by atoms with E-state index < -0.39 is 12.1 Å². The van der Waals surface area contributed by atoms with E-state index in [1.807, 2.05) is 0 Å². The first-order valence-electron chi connectivity index (χ1n) is 4.92. The average molecular weight is 225 g/mol. The Hall–Kier alpha value is -0.780. The van der Waals surface area contributed by atoms with Gasteiger partial charge in [-0.1, -0.05) is 0 Å². The van der Waals surface area contributed by atoms with Gasteiger partial charge >= 0.3 is 12.1 Å². The SMILES string of the molecule is CCN(C(=O)C(F)(F)F)C1CCOCC1. The van der Waals surface area contributed by atoms with Crippen molar-refractivity contribution in [2.45, 2.75) is 32.0 Å². The fraction of sp³-hybridized carbons (Fsp3) is 0.889. The maximum Gasteiger partial charge on any atom is 0.471 e. The van der Waals surface area contributed by atoms with Crippen molar-refractivity contribution in [1.82, 2.24) is 4.90 Å². The van der Waals surface area contributed by atoms with Crippen LogP contribution in [0.5, 0.6) is 0 Å². The molecule has 88 valence electrons. The summed E-state index contributed by atoms with van der Waals surface area (Å²) < 4.78 is 41.7. The molecule has 1 aliphatic heterocycles. The number of nitrogens with zero attached hydrogens (tertiary/aromatic N) is 1. The minimum atomic E-state index is -4.77. The lowest BCUT2D eigenvalue weighted by atomic mass is 10.1. The maximum absolute atomic E-state index is 12.2. The Kier molecular flexibility index (Phi) is 3.96. The lowest BCUT2D eigenvalue weighted by Crippen LogP contribution is -2.48. The monoisotopic (exact) mass is 225 g/mol. The van der Waals surface area contributed by atoms with E-state index in [4.69, 9.17) is 4.74 Å². The number of alkyl halides is 3. The molecule has 1 amide bonds. The van der Waals surface area contributed by atoms with Crippen molar-refractivity contribution in [2.24, 2.45) is 0 Å². The van der Waals surface area contributed by atoms with E-state index in [1.54, 1.807) is 6.92 Å². The van der Waals surface area contributed by atoms with Gasteiger partial charge in [-0.2, -0.15) is 13.2 Å². The number of halogens is 3. The number of amides is 1. The molecule has 3 nitrogen and oxygen atoms in total. The highest BCUT2D eigenvalue weighted by Gasteiger charge is 2.44. The van der Waals surface area contributed by atoms with Gasteiger partial charge in [-0.3, -0.25) is 4.79 Å². The van der Waals surface area contributed by atoms with Crippen molar-refractivity contribution in [1.29, 1.82) is 0 Å². The number of carbonyl (C=O) groups excluding carboxylic acids is 1. The van der Waals surface area contributed by atoms with E-state index in [9.17, 15) is 18.0 Å². The van der Waals surface area contributed by atoms with Crippen LogP contribution in [-0.2, 0) is 9.53 Å². The second-order valence-electron chi connectivity index (χ2n) is 3.43. The zero-order chi connectivity index (χ0) is 11.5. The second-order valence-corrected chi connectivity index (χ2v) is 3.43. The maximum atomic E-state index is 12.2. The van der Waals surface area contributed by atoms with E-state index in [1.165, 1.54) is 0 Å². The summed E-state index contributed by atoms with van der Waals surface area (Å²) in [4.78, 5) is 11.9. The normalized spacial score (nSPS) is 18.9. The molecule has 0 bridgehead atoms. The molecule has 0 unspecified atom stereocenters. The van der Waals surface area contributed by atoms with Crippen LogP contribution in [0.15, 0.2) is 0 Å². The molecular formula is C9H14F3NO2. The highest BCUT2D eigenvalue weighted by molar-refractivity contribution is 5.82. The molecule has 0 aliphatic carbocycles. The topological polar surface area (TPSA) is 29.5 Å². The molecule has 1 rings (SSSR count). The first kappa shape index (κ1) is 12.3. The van der Waals surface area contributed by atoms with Crippen LogP contribution in [0.25, 0.3) is 0 Å². The number of hydrogen-bond acceptors (Lipinski definition) is 2. The Balaban J connectivity index is 2.65. The highest BCUT2D eigenvalue weighted by Crippen LogP contribution is 2.23. The zero-order valence-corrected chi connectivity index (χ0v) is 8.51. The summed E-state index contributed by atoms with van der Waals surface area (Å²) >= 11 is 0. The number of hydrogen-bond donors (Lipinski definition) is 0. The van der Waals surface area contributed by atoms with Crippen molar-refractivity contribution >= 4 is 5.91 Å². The fourth-order valence-electron chi connectivity index (χ4n) is 1.73. The third-order valence-corrected chi connectivity index (χ3v) is 2.48. The van der Waals surface area contributed by atoms with Gasteiger partial charge in [0.1, 0.15) is 0 Å². The molecule has 0 saturated carbocycles. The number of rotatable bonds is 2. The standard InChI is InChI=1S/C9H14F3NO2/c1-2-13(8(14)9(10,11)12)7-3-5-15-6-4-7/h7H,2-6H2,1H3. The van der Waals surface area contributed by atoms with Crippen LogP contribution in [0.2, 0.25) is 0 Å². The van der Waals surface area contributed by atoms with E-state index in [0.29, 0.717) is 26.1 Å². The van der Waals surface area contributed by atoms with Gasteiger partial charge in [0.15, 0.2) is 0 Å². The zero-order valence-electron chi connectivity index (χ0n) is 8.51. The Labute approximate surface area is 86.2 Å². The molecule has 0 atom stereocenters. The van der Waals surface area contributed by atoms with Crippen molar-refractivity contribution in [3.05, 3.63) is 0 Å². The van der Waals surface area contributed by atoms with Crippen LogP contribution in [0, 0.1) is 0 Å². The summed E-state index contributed by atoms with van der Waals surface area (Å²) in [6, 6.07) is -0.335. The molecular weight excluding hydrogens is 211 g/mol. The molecule has 1 heterocycles. The molecule has 1 saturated heterocycles. The van der Waals surface area contributed by atoms with Crippen LogP contribution in [0.1, 0.15) is 19.8 Å². The third kappa shape index (κ3) is 3.09. The van der Waals surface area contributed by atoms with Gasteiger partial charge in [-0.05, 0) is 19.8 Å². The van der Waals surface area contributed by atoms with Crippen molar-refractivity contribution < 1.29 is 22.7 Å². The minimum absolute atomic E-state index is 0.0863. The minimum Gasteiger partial charge on any atom is -0.381 e. The van der Waals surface area contributed by atoms with Gasteiger partial charge in [-0.15, -0.1) is 0 Å². The molecule has 0 radical (unpaired) electrons. The molecule has 0 N–H and O–H groups in total. The Bertz CT molecular complexity index is 224. The van der Waals surface area contributed by atoms with Gasteiger partial charge < -0.3 is 9.64 Å². The Morgan fingerprint density at radius 3 is 2.33 bits per heavy atom. The average Bonchev–Trinajstić information content (AvgIpc) is 2.19. The fourth-order valence-corrected chi connectivity index (χ4v) is 1.73. The lowest BCUT2D eigenvalue weighted by Gasteiger charge is -2.33. The van der Waals surface area contributed by atoms with Crippen LogP contribution < -0.4 is 0 Å². The summed E-state index contributed by atoms with van der Waals surface area (Å²) in [5, 5.41) is 0. The summed E-state index contributed by atoms with van der Waals surface area (Å²) in [5.41, 5.74) is 0. The molecule has 0 aromatic carbocycles. The molecule has 0 aromatic heterocycles. The van der Waals surface area contributed by atoms with Crippen LogP contribution in [-0.4, -0.2) is 42.8 Å². The van der Waals surface area contributed by atoms with Crippen LogP contribution in [0.4, 0.5) is 13.2 Å². The van der Waals surface area contributed by atoms with Crippen LogP contribution >= 0.6 is 0 Å². The first-order chi connectivity index (χ1) is 6.96.